The van der Waals surface area contributed by atoms with Crippen molar-refractivity contribution in [2.24, 2.45) is 0 Å². The molecular weight excluding hydrogens is 176 g/mol. The number of rotatable bonds is 1. The fraction of sp³-hybridized carbons (Fsp3) is 0.333. The topological polar surface area (TPSA) is 119 Å². The molecule has 0 fully saturated rings. The van der Waals surface area contributed by atoms with Gasteiger partial charge in [0.15, 0.2) is 6.19 Å². The van der Waals surface area contributed by atoms with E-state index in [1.807, 2.05) is 0 Å². The summed E-state index contributed by atoms with van der Waals surface area (Å²) >= 11 is 0. The molecule has 0 saturated carbocycles. The van der Waals surface area contributed by atoms with E-state index >= 15 is 0 Å². The van der Waals surface area contributed by atoms with Gasteiger partial charge in [0.2, 0.25) is 0 Å². The second-order valence-corrected chi connectivity index (χ2v) is 2.59. The first-order valence-electron chi connectivity index (χ1n) is 2.09. The largest absolute Gasteiger partial charge is 0.483 e. The molecule has 0 bridgehead atoms. The first kappa shape index (κ1) is 12.4. The maximum atomic E-state index is 9.82. The second kappa shape index (κ2) is 5.45. The minimum atomic E-state index is -4.28. The number of hydrogen-bond acceptors (Lipinski definition) is 4. The Labute approximate surface area is 63.3 Å². The highest BCUT2D eigenvalue weighted by Gasteiger charge is 2.08. The van der Waals surface area contributed by atoms with E-state index < -0.39 is 10.3 Å². The highest BCUT2D eigenvalue weighted by Crippen LogP contribution is 1.85. The van der Waals surface area contributed by atoms with Crippen LogP contribution in [0.15, 0.2) is 0 Å². The van der Waals surface area contributed by atoms with Crippen molar-refractivity contribution in [3.63, 3.8) is 0 Å². The molecule has 0 aromatic rings. The molecule has 0 aliphatic heterocycles. The van der Waals surface area contributed by atoms with E-state index in [4.69, 9.17) is 19.7 Å². The van der Waals surface area contributed by atoms with Crippen LogP contribution in [-0.4, -0.2) is 35.9 Å². The van der Waals surface area contributed by atoms with E-state index in [0.717, 1.165) is 7.05 Å². The molecule has 0 aliphatic rings. The molecule has 0 aromatic carbocycles. The summed E-state index contributed by atoms with van der Waals surface area (Å²) < 4.78 is 27.8. The zero-order chi connectivity index (χ0) is 9.49. The van der Waals surface area contributed by atoms with Crippen molar-refractivity contribution in [2.45, 2.75) is 0 Å². The number of nitriles is 1. The minimum absolute atomic E-state index is 0.146. The van der Waals surface area contributed by atoms with Crippen LogP contribution < -0.4 is 0 Å². The fourth-order valence-corrected chi connectivity index (χ4v) is 0.155. The van der Waals surface area contributed by atoms with E-state index in [2.05, 4.69) is 0 Å². The van der Waals surface area contributed by atoms with Crippen LogP contribution >= 0.6 is 0 Å². The van der Waals surface area contributed by atoms with Crippen molar-refractivity contribution in [1.82, 2.24) is 4.31 Å². The van der Waals surface area contributed by atoms with Gasteiger partial charge >= 0.3 is 10.3 Å². The summed E-state index contributed by atoms with van der Waals surface area (Å²) in [6.07, 6.45) is 1.20. The van der Waals surface area contributed by atoms with Crippen LogP contribution in [0.5, 0.6) is 0 Å². The van der Waals surface area contributed by atoms with Crippen LogP contribution in [-0.2, 0) is 15.1 Å². The zero-order valence-electron chi connectivity index (χ0n) is 5.50. The quantitative estimate of drug-likeness (QED) is 0.230. The van der Waals surface area contributed by atoms with E-state index in [-0.39, 0.29) is 10.8 Å². The predicted molar refractivity (Wildman–Crippen MR) is 33.6 cm³/mol. The average Bonchev–Trinajstić information content (AvgIpc) is 1.86. The number of carbonyl (C=O) groups is 1. The molecule has 0 unspecified atom stereocenters. The van der Waals surface area contributed by atoms with Crippen molar-refractivity contribution in [3.8, 4) is 6.19 Å². The zero-order valence-corrected chi connectivity index (χ0v) is 6.32. The third-order valence-electron chi connectivity index (χ3n) is 0.487. The third kappa shape index (κ3) is 8.67. The molecule has 2 N–H and O–H groups in total. The van der Waals surface area contributed by atoms with Gasteiger partial charge in [0.1, 0.15) is 0 Å². The maximum Gasteiger partial charge on any atom is 0.368 e. The molecule has 7 nitrogen and oxygen atoms in total. The van der Waals surface area contributed by atoms with Crippen LogP contribution in [0.1, 0.15) is 0 Å². The number of nitrogens with zero attached hydrogens (tertiary/aromatic N) is 2. The lowest BCUT2D eigenvalue weighted by atomic mass is 11.2. The van der Waals surface area contributed by atoms with Gasteiger partial charge < -0.3 is 5.11 Å². The Morgan fingerprint density at radius 1 is 1.64 bits per heavy atom. The van der Waals surface area contributed by atoms with Crippen LogP contribution in [0.2, 0.25) is 0 Å². The molecule has 8 heteroatoms. The fourth-order valence-electron chi connectivity index (χ4n) is 0.0516. The van der Waals surface area contributed by atoms with Crippen LogP contribution in [0.3, 0.4) is 0 Å². The Bertz CT molecular complexity index is 239. The molecule has 0 spiro atoms. The first-order valence-corrected chi connectivity index (χ1v) is 3.48. The smallest absolute Gasteiger partial charge is 0.368 e. The lowest BCUT2D eigenvalue weighted by Crippen LogP contribution is -2.19. The van der Waals surface area contributed by atoms with E-state index in [9.17, 15) is 8.42 Å². The number of carboxylic acid groups (broad SMARTS) is 1. The summed E-state index contributed by atoms with van der Waals surface area (Å²) in [5.74, 6) is 0. The summed E-state index contributed by atoms with van der Waals surface area (Å²) in [7, 11) is -3.34. The van der Waals surface area contributed by atoms with Gasteiger partial charge in [-0.15, -0.1) is 0 Å². The molecular formula is C3H6N2O5S. The second-order valence-electron chi connectivity index (χ2n) is 1.15. The summed E-state index contributed by atoms with van der Waals surface area (Å²) in [5.41, 5.74) is 0. The van der Waals surface area contributed by atoms with Crippen LogP contribution in [0, 0.1) is 11.5 Å². The molecule has 0 atom stereocenters. The van der Waals surface area contributed by atoms with Gasteiger partial charge in [0, 0.05) is 7.05 Å². The third-order valence-corrected chi connectivity index (χ3v) is 1.26. The predicted octanol–water partition coefficient (Wildman–Crippen LogP) is -1.10. The Morgan fingerprint density at radius 3 is 1.91 bits per heavy atom. The van der Waals surface area contributed by atoms with Gasteiger partial charge in [0.25, 0.3) is 6.47 Å². The molecule has 0 heterocycles. The monoisotopic (exact) mass is 182 g/mol. The Balaban J connectivity index is 0. The first-order chi connectivity index (χ1) is 4.90. The van der Waals surface area contributed by atoms with Crippen LogP contribution in [0.4, 0.5) is 0 Å². The molecule has 11 heavy (non-hydrogen) atoms. The number of hydrogen-bond donors (Lipinski definition) is 2. The Morgan fingerprint density at radius 2 is 1.91 bits per heavy atom. The van der Waals surface area contributed by atoms with Gasteiger partial charge in [-0.25, -0.2) is 0 Å². The Kier molecular flexibility index (Phi) is 6.13. The summed E-state index contributed by atoms with van der Waals surface area (Å²) in [6.45, 7) is -0.250. The summed E-state index contributed by atoms with van der Waals surface area (Å²) in [6, 6.07) is 0. The van der Waals surface area contributed by atoms with Crippen molar-refractivity contribution in [1.29, 1.82) is 5.26 Å². The van der Waals surface area contributed by atoms with Gasteiger partial charge in [-0.3, -0.25) is 9.35 Å². The van der Waals surface area contributed by atoms with E-state index in [0.29, 0.717) is 0 Å². The average molecular weight is 182 g/mol. The van der Waals surface area contributed by atoms with Gasteiger partial charge in [-0.1, -0.05) is 0 Å². The molecule has 0 radical (unpaired) electrons. The SMILES string of the molecule is CN(C#N)S(=O)(=O)O.O=CO. The highest BCUT2D eigenvalue weighted by atomic mass is 32.2. The van der Waals surface area contributed by atoms with Crippen molar-refractivity contribution < 1.29 is 22.9 Å². The standard InChI is InChI=1S/C2H4N2O3S.CH2O2/c1-4(2-3)8(5,6)7;2-1-3/h1H3,(H,5,6,7);1H,(H,2,3). The van der Waals surface area contributed by atoms with Gasteiger partial charge in [-0.2, -0.15) is 18.0 Å². The van der Waals surface area contributed by atoms with Crippen molar-refractivity contribution in [2.75, 3.05) is 7.05 Å². The normalized spacial score (nSPS) is 8.45. The van der Waals surface area contributed by atoms with Crippen molar-refractivity contribution in [3.05, 3.63) is 0 Å². The van der Waals surface area contributed by atoms with E-state index in [1.165, 1.54) is 6.19 Å². The molecule has 0 rings (SSSR count). The lowest BCUT2D eigenvalue weighted by Gasteiger charge is -1.99. The molecule has 0 saturated heterocycles. The Hall–Kier alpha value is -1.33. The molecule has 0 aliphatic carbocycles. The summed E-state index contributed by atoms with van der Waals surface area (Å²) in [4.78, 5) is 8.36. The maximum absolute atomic E-state index is 9.82. The van der Waals surface area contributed by atoms with E-state index in [1.54, 1.807) is 0 Å². The lowest BCUT2D eigenvalue weighted by molar-refractivity contribution is -0.122. The van der Waals surface area contributed by atoms with Gasteiger partial charge in [-0.05, 0) is 0 Å². The summed E-state index contributed by atoms with van der Waals surface area (Å²) in [5, 5.41) is 14.7. The molecule has 64 valence electrons. The highest BCUT2D eigenvalue weighted by molar-refractivity contribution is 7.83. The van der Waals surface area contributed by atoms with Crippen molar-refractivity contribution >= 4 is 16.8 Å². The van der Waals surface area contributed by atoms with Crippen LogP contribution in [0.25, 0.3) is 0 Å². The van der Waals surface area contributed by atoms with Gasteiger partial charge in [0.05, 0.1) is 0 Å². The molecule has 0 aromatic heterocycles. The molecule has 0 amide bonds. The minimum Gasteiger partial charge on any atom is -0.483 e.